The first kappa shape index (κ1) is 50.4. The van der Waals surface area contributed by atoms with Gasteiger partial charge in [-0.1, -0.05) is 51.5 Å². The maximum Gasteiger partial charge on any atom is 0.418 e. The Bertz CT molecular complexity index is 3190. The normalized spacial score (nSPS) is 19.8. The number of nitrogens with zero attached hydrogens (tertiary/aromatic N) is 11. The van der Waals surface area contributed by atoms with E-state index in [9.17, 15) is 35.9 Å². The van der Waals surface area contributed by atoms with Gasteiger partial charge in [-0.25, -0.2) is 18.7 Å². The number of ether oxygens (including phenoxy) is 1. The molecular weight excluding hydrogens is 941 g/mol. The molecule has 72 heavy (non-hydrogen) atoms. The second-order valence-electron chi connectivity index (χ2n) is 19.0. The number of likely N-dealkylation sites (N-methyl/N-ethyl adjacent to an activating group) is 2. The highest BCUT2D eigenvalue weighted by molar-refractivity contribution is 5.59. The fourth-order valence-corrected chi connectivity index (χ4v) is 10.3. The lowest BCUT2D eigenvalue weighted by Crippen LogP contribution is -2.37. The van der Waals surface area contributed by atoms with Crippen molar-refractivity contribution < 1.29 is 40.2 Å². The largest absolute Gasteiger partial charge is 0.418 e. The standard InChI is InChI=1S/C29H33F3N6O.C21H18F3N5O2.C2H6/c1-19-6-5-11-36(14-19)15-20-12-24(29(30,31)32)25-17-37(28(39)38(25)16-20)23-10-4-9-22(13-23)26(21-7-3-8-21)27-34-33-18-35(27)2;1-27-12-25-26-19(27)18(14-10-31-11-14)13-4-2-5-15(8-13)29-9-17-16(21(22,23)24)6-3-7-28(17)20(29)30;1-2/h4,9-10,12-13,16-19,21,26H,3,5-8,11,14-15H2,1-2H3;2-9,12,14,18H,10-11H2,1H3;1-2H3/q2*+1;/t19-,26+;;/m0../s1. The van der Waals surface area contributed by atoms with Crippen molar-refractivity contribution in [3.63, 3.8) is 0 Å². The van der Waals surface area contributed by atoms with Crippen LogP contribution in [0, 0.1) is 30.1 Å². The first-order chi connectivity index (χ1) is 34.5. The Labute approximate surface area is 411 Å². The van der Waals surface area contributed by atoms with Crippen LogP contribution in [-0.2, 0) is 23.6 Å². The predicted octanol–water partition coefficient (Wildman–Crippen LogP) is 10.3. The second-order valence-corrected chi connectivity index (χ2v) is 19.0. The zero-order valence-electron chi connectivity index (χ0n) is 40.7. The molecule has 1 unspecified atom stereocenters. The van der Waals surface area contributed by atoms with Crippen LogP contribution in [-0.4, -0.2) is 85.1 Å². The number of rotatable bonds is 10. The summed E-state index contributed by atoms with van der Waals surface area (Å²) in [4.78, 5) is 28.6. The van der Waals surface area contributed by atoms with Gasteiger partial charge in [0.15, 0.2) is 0 Å². The quantitative estimate of drug-likeness (QED) is 0.100. The van der Waals surface area contributed by atoms with Crippen LogP contribution in [0.3, 0.4) is 0 Å². The van der Waals surface area contributed by atoms with Crippen LogP contribution in [0.5, 0.6) is 0 Å². The van der Waals surface area contributed by atoms with Crippen LogP contribution in [0.2, 0.25) is 0 Å². The van der Waals surface area contributed by atoms with Gasteiger partial charge in [0.2, 0.25) is 0 Å². The van der Waals surface area contributed by atoms with Gasteiger partial charge in [-0.15, -0.1) is 0 Å². The molecule has 0 amide bonds. The van der Waals surface area contributed by atoms with Crippen molar-refractivity contribution in [2.75, 3.05) is 40.4 Å². The Hall–Kier alpha value is -6.54. The molecule has 11 rings (SSSR count). The SMILES string of the molecule is CC.C[C@H]1CCCN(Cc2cc(C(F)(F)F)c3cn(-c4cccc([C@H]([C]5N=NC=[N+]5C)C5CCC5)c4)c(=O)n3c2)C1.C[N+]1=CN=N[C]1C(c1cccc(-n2cc3c(C(F)(F)F)cccn3c2=O)c1)C1COC1. The van der Waals surface area contributed by atoms with Crippen molar-refractivity contribution in [1.82, 2.24) is 22.8 Å². The molecule has 378 valence electrons. The molecule has 2 radical (unpaired) electrons. The highest BCUT2D eigenvalue weighted by Gasteiger charge is 2.44. The molecule has 3 fully saturated rings. The molecule has 2 saturated heterocycles. The summed E-state index contributed by atoms with van der Waals surface area (Å²) >= 11 is 0. The molecule has 2 aromatic carbocycles. The first-order valence-electron chi connectivity index (χ1n) is 24.4. The summed E-state index contributed by atoms with van der Waals surface area (Å²) in [5, 5.41) is 16.6. The van der Waals surface area contributed by atoms with E-state index in [1.54, 1.807) is 37.1 Å². The molecular formula is C52H57F6N11O3+2. The summed E-state index contributed by atoms with van der Waals surface area (Å²) in [6, 6.07) is 18.1. The lowest BCUT2D eigenvalue weighted by atomic mass is 9.71. The molecule has 8 heterocycles. The molecule has 0 spiro atoms. The van der Waals surface area contributed by atoms with Crippen LogP contribution in [0.1, 0.15) is 92.5 Å². The van der Waals surface area contributed by atoms with Gasteiger partial charge in [-0.2, -0.15) is 26.3 Å². The fraction of sp³-hybridized carbons (Fsp3) is 0.423. The minimum Gasteiger partial charge on any atom is -0.381 e. The van der Waals surface area contributed by atoms with E-state index in [1.807, 2.05) is 67.4 Å². The van der Waals surface area contributed by atoms with Gasteiger partial charge in [-0.3, -0.25) is 22.8 Å². The van der Waals surface area contributed by atoms with Crippen LogP contribution >= 0.6 is 0 Å². The van der Waals surface area contributed by atoms with Crippen molar-refractivity contribution in [3.05, 3.63) is 153 Å². The average Bonchev–Trinajstić information content (AvgIpc) is 4.11. The van der Waals surface area contributed by atoms with Crippen LogP contribution in [0.4, 0.5) is 26.3 Å². The molecule has 1 aliphatic carbocycles. The average molecular weight is 998 g/mol. The smallest absolute Gasteiger partial charge is 0.381 e. The van der Waals surface area contributed by atoms with E-state index in [4.69, 9.17) is 4.74 Å². The number of aromatic nitrogens is 4. The summed E-state index contributed by atoms with van der Waals surface area (Å²) in [5.74, 6) is 0.999. The zero-order chi connectivity index (χ0) is 51.1. The minimum atomic E-state index is -4.59. The van der Waals surface area contributed by atoms with Crippen LogP contribution in [0.25, 0.3) is 22.4 Å². The number of fused-ring (bicyclic) bond motifs is 2. The van der Waals surface area contributed by atoms with Gasteiger partial charge in [-0.05, 0) is 113 Å². The van der Waals surface area contributed by atoms with E-state index in [2.05, 4.69) is 32.3 Å². The van der Waals surface area contributed by atoms with Crippen molar-refractivity contribution in [2.45, 2.75) is 83.6 Å². The fourth-order valence-electron chi connectivity index (χ4n) is 10.3. The molecule has 20 heteroatoms. The van der Waals surface area contributed by atoms with E-state index in [1.165, 1.54) is 39.9 Å². The van der Waals surface area contributed by atoms with Crippen LogP contribution in [0.15, 0.2) is 122 Å². The van der Waals surface area contributed by atoms with Gasteiger partial charge in [0.25, 0.3) is 0 Å². The number of halogens is 6. The highest BCUT2D eigenvalue weighted by atomic mass is 19.4. The van der Waals surface area contributed by atoms with E-state index in [0.717, 1.165) is 83.5 Å². The third-order valence-corrected chi connectivity index (χ3v) is 14.1. The van der Waals surface area contributed by atoms with E-state index in [-0.39, 0.29) is 28.8 Å². The Morgan fingerprint density at radius 1 is 0.681 bits per heavy atom. The number of imidazole rings is 2. The highest BCUT2D eigenvalue weighted by Crippen LogP contribution is 2.46. The predicted molar refractivity (Wildman–Crippen MR) is 259 cm³/mol. The molecule has 6 aromatic rings. The molecule has 4 aromatic heterocycles. The Morgan fingerprint density at radius 2 is 1.24 bits per heavy atom. The van der Waals surface area contributed by atoms with Gasteiger partial charge in [0.05, 0.1) is 82.9 Å². The summed E-state index contributed by atoms with van der Waals surface area (Å²) in [6.45, 7) is 9.39. The molecule has 4 aliphatic heterocycles. The Kier molecular flexibility index (Phi) is 14.4. The third-order valence-electron chi connectivity index (χ3n) is 14.1. The Balaban J connectivity index is 0.000000176. The first-order valence-corrected chi connectivity index (χ1v) is 24.4. The molecule has 14 nitrogen and oxygen atoms in total. The number of hydrogen-bond donors (Lipinski definition) is 0. The van der Waals surface area contributed by atoms with Gasteiger partial charge >= 0.3 is 48.7 Å². The van der Waals surface area contributed by atoms with Crippen molar-refractivity contribution in [2.24, 2.45) is 38.2 Å². The number of hydrogen-bond acceptors (Lipinski definition) is 8. The monoisotopic (exact) mass is 997 g/mol. The Morgan fingerprint density at radius 3 is 1.72 bits per heavy atom. The topological polar surface area (TPSA) is 121 Å². The number of azo groups is 2. The van der Waals surface area contributed by atoms with E-state index in [0.29, 0.717) is 48.5 Å². The summed E-state index contributed by atoms with van der Waals surface area (Å²) in [7, 11) is 3.77. The molecule has 0 bridgehead atoms. The van der Waals surface area contributed by atoms with E-state index >= 15 is 0 Å². The lowest BCUT2D eigenvalue weighted by molar-refractivity contribution is -0.481. The van der Waals surface area contributed by atoms with Crippen molar-refractivity contribution >= 4 is 23.7 Å². The van der Waals surface area contributed by atoms with Crippen LogP contribution < -0.4 is 11.4 Å². The molecule has 5 aliphatic rings. The number of benzene rings is 2. The molecule has 3 atom stereocenters. The summed E-state index contributed by atoms with van der Waals surface area (Å²) < 4.78 is 96.8. The number of likely N-dealkylation sites (tertiary alicyclic amines) is 1. The van der Waals surface area contributed by atoms with Gasteiger partial charge < -0.3 is 4.74 Å². The van der Waals surface area contributed by atoms with Gasteiger partial charge in [0.1, 0.15) is 0 Å². The van der Waals surface area contributed by atoms with E-state index < -0.39 is 34.9 Å². The third kappa shape index (κ3) is 9.99. The summed E-state index contributed by atoms with van der Waals surface area (Å²) in [6.07, 6.45) is 6.68. The van der Waals surface area contributed by atoms with Crippen molar-refractivity contribution in [3.8, 4) is 11.4 Å². The number of piperidine rings is 1. The minimum absolute atomic E-state index is 0.00297. The lowest BCUT2D eigenvalue weighted by Gasteiger charge is -2.34. The molecule has 1 saturated carbocycles. The maximum atomic E-state index is 14.2. The second kappa shape index (κ2) is 20.5. The summed E-state index contributed by atoms with van der Waals surface area (Å²) in [5.41, 5.74) is 0.311. The van der Waals surface area contributed by atoms with Crippen molar-refractivity contribution in [1.29, 1.82) is 0 Å². The number of pyridine rings is 2. The molecule has 0 N–H and O–H groups in total. The maximum absolute atomic E-state index is 14.2. The van der Waals surface area contributed by atoms with Gasteiger partial charge in [0, 0.05) is 43.8 Å². The zero-order valence-corrected chi connectivity index (χ0v) is 40.7. The number of alkyl halides is 6.